The van der Waals surface area contributed by atoms with Gasteiger partial charge >= 0.3 is 0 Å². The van der Waals surface area contributed by atoms with Gasteiger partial charge in [-0.15, -0.1) is 32.9 Å². The molecule has 8 heteroatoms. The van der Waals surface area contributed by atoms with Crippen LogP contribution >= 0.6 is 34.9 Å². The molecule has 0 unspecified atom stereocenters. The second-order valence-electron chi connectivity index (χ2n) is 5.15. The summed E-state index contributed by atoms with van der Waals surface area (Å²) in [6.07, 6.45) is 2.05. The van der Waals surface area contributed by atoms with Crippen molar-refractivity contribution < 1.29 is 9.47 Å². The van der Waals surface area contributed by atoms with Gasteiger partial charge in [-0.3, -0.25) is 4.40 Å². The van der Waals surface area contributed by atoms with Gasteiger partial charge in [0.25, 0.3) is 0 Å². The van der Waals surface area contributed by atoms with Gasteiger partial charge in [0.05, 0.1) is 9.41 Å². The molecule has 118 valence electrons. The Morgan fingerprint density at radius 1 is 1.17 bits per heavy atom. The molecule has 4 aromatic rings. The summed E-state index contributed by atoms with van der Waals surface area (Å²) in [6.45, 7) is 0.271. The van der Waals surface area contributed by atoms with Gasteiger partial charge in [-0.2, -0.15) is 0 Å². The van der Waals surface area contributed by atoms with E-state index in [9.17, 15) is 0 Å². The molecular weight excluding hydrogens is 362 g/mol. The zero-order valence-corrected chi connectivity index (χ0v) is 14.6. The van der Waals surface area contributed by atoms with Crippen molar-refractivity contribution in [1.29, 1.82) is 0 Å². The van der Waals surface area contributed by atoms with Gasteiger partial charge in [-0.1, -0.05) is 12.1 Å². The first kappa shape index (κ1) is 14.1. The van der Waals surface area contributed by atoms with Crippen molar-refractivity contribution in [3.8, 4) is 22.2 Å². The molecule has 0 saturated heterocycles. The standard InChI is InChI=1S/C16H9N3O2S3/c22-16-19-14(12-2-1-5-23-12)17-18-15(19)13(24-16)7-9-3-4-10-11(6-9)21-8-20-10/h1-7H,8H2/b13-7+. The van der Waals surface area contributed by atoms with Crippen LogP contribution in [0, 0.1) is 3.95 Å². The van der Waals surface area contributed by atoms with E-state index in [1.54, 1.807) is 11.3 Å². The molecule has 0 bridgehead atoms. The van der Waals surface area contributed by atoms with Gasteiger partial charge in [-0.25, -0.2) is 0 Å². The number of thiazole rings is 1. The van der Waals surface area contributed by atoms with Crippen LogP contribution in [-0.4, -0.2) is 21.4 Å². The van der Waals surface area contributed by atoms with E-state index in [1.165, 1.54) is 11.3 Å². The lowest BCUT2D eigenvalue weighted by Crippen LogP contribution is -1.96. The number of rotatable bonds is 2. The highest BCUT2D eigenvalue weighted by Gasteiger charge is 2.15. The molecule has 0 fully saturated rings. The van der Waals surface area contributed by atoms with Crippen molar-refractivity contribution in [2.75, 3.05) is 6.79 Å². The molecule has 5 rings (SSSR count). The molecule has 24 heavy (non-hydrogen) atoms. The topological polar surface area (TPSA) is 48.7 Å². The van der Waals surface area contributed by atoms with Gasteiger partial charge < -0.3 is 9.47 Å². The Balaban J connectivity index is 1.69. The van der Waals surface area contributed by atoms with Crippen molar-refractivity contribution in [2.45, 2.75) is 0 Å². The third kappa shape index (κ3) is 2.15. The van der Waals surface area contributed by atoms with Gasteiger partial charge in [0, 0.05) is 0 Å². The van der Waals surface area contributed by atoms with Crippen LogP contribution in [0.5, 0.6) is 11.5 Å². The van der Waals surface area contributed by atoms with E-state index >= 15 is 0 Å². The van der Waals surface area contributed by atoms with Crippen LogP contribution in [0.3, 0.4) is 0 Å². The second kappa shape index (κ2) is 5.37. The summed E-state index contributed by atoms with van der Waals surface area (Å²) in [5.74, 6) is 2.33. The van der Waals surface area contributed by atoms with E-state index < -0.39 is 0 Å². The van der Waals surface area contributed by atoms with Crippen LogP contribution in [0.15, 0.2) is 35.7 Å². The van der Waals surface area contributed by atoms with Gasteiger partial charge in [-0.05, 0) is 47.4 Å². The van der Waals surface area contributed by atoms with E-state index in [0.29, 0.717) is 0 Å². The predicted molar refractivity (Wildman–Crippen MR) is 96.4 cm³/mol. The van der Waals surface area contributed by atoms with E-state index in [2.05, 4.69) is 10.2 Å². The fourth-order valence-electron chi connectivity index (χ4n) is 2.62. The van der Waals surface area contributed by atoms with E-state index in [-0.39, 0.29) is 6.79 Å². The van der Waals surface area contributed by atoms with Crippen molar-refractivity contribution in [3.05, 3.63) is 49.8 Å². The Morgan fingerprint density at radius 3 is 2.96 bits per heavy atom. The first-order chi connectivity index (χ1) is 11.8. The minimum atomic E-state index is 0.271. The number of nitrogens with zero attached hydrogens (tertiary/aromatic N) is 3. The van der Waals surface area contributed by atoms with Crippen molar-refractivity contribution >= 4 is 46.6 Å². The molecule has 0 amide bonds. The van der Waals surface area contributed by atoms with Crippen LogP contribution in [-0.2, 0) is 0 Å². The van der Waals surface area contributed by atoms with Crippen LogP contribution in [0.25, 0.3) is 22.4 Å². The Bertz CT molecular complexity index is 1160. The number of benzene rings is 1. The maximum Gasteiger partial charge on any atom is 0.231 e. The molecule has 0 saturated carbocycles. The van der Waals surface area contributed by atoms with Crippen molar-refractivity contribution in [1.82, 2.24) is 14.6 Å². The molecule has 1 aliphatic rings. The maximum atomic E-state index is 5.53. The van der Waals surface area contributed by atoms with Gasteiger partial charge in [0.15, 0.2) is 26.9 Å². The smallest absolute Gasteiger partial charge is 0.231 e. The molecule has 0 spiro atoms. The number of thiophene rings is 1. The third-order valence-electron chi connectivity index (χ3n) is 3.70. The zero-order chi connectivity index (χ0) is 16.1. The second-order valence-corrected chi connectivity index (χ2v) is 7.77. The quantitative estimate of drug-likeness (QED) is 0.505. The Labute approximate surface area is 149 Å². The molecule has 3 aromatic heterocycles. The molecular formula is C16H9N3O2S3. The number of fused-ring (bicyclic) bond motifs is 2. The summed E-state index contributed by atoms with van der Waals surface area (Å²) in [4.78, 5) is 1.06. The lowest BCUT2D eigenvalue weighted by molar-refractivity contribution is 0.174. The first-order valence-electron chi connectivity index (χ1n) is 7.13. The zero-order valence-electron chi connectivity index (χ0n) is 12.1. The molecule has 0 N–H and O–H groups in total. The highest BCUT2D eigenvalue weighted by atomic mass is 32.1. The first-order valence-corrected chi connectivity index (χ1v) is 9.23. The minimum Gasteiger partial charge on any atom is -0.454 e. The average molecular weight is 371 g/mol. The van der Waals surface area contributed by atoms with Gasteiger partial charge in [0.2, 0.25) is 6.79 Å². The molecule has 0 radical (unpaired) electrons. The summed E-state index contributed by atoms with van der Waals surface area (Å²) < 4.78 is 14.4. The molecule has 0 aliphatic carbocycles. The largest absolute Gasteiger partial charge is 0.454 e. The molecule has 1 aliphatic heterocycles. The predicted octanol–water partition coefficient (Wildman–Crippen LogP) is 3.53. The van der Waals surface area contributed by atoms with E-state index in [0.717, 1.165) is 41.9 Å². The Morgan fingerprint density at radius 2 is 2.08 bits per heavy atom. The summed E-state index contributed by atoms with van der Waals surface area (Å²) in [7, 11) is 0. The van der Waals surface area contributed by atoms with E-state index in [4.69, 9.17) is 21.7 Å². The minimum absolute atomic E-state index is 0.271. The lowest BCUT2D eigenvalue weighted by Gasteiger charge is -1.96. The normalized spacial score (nSPS) is 13.9. The molecule has 1 aromatic carbocycles. The maximum absolute atomic E-state index is 5.53. The summed E-state index contributed by atoms with van der Waals surface area (Å²) in [6, 6.07) is 9.88. The number of aromatic nitrogens is 3. The van der Waals surface area contributed by atoms with Crippen LogP contribution < -0.4 is 14.0 Å². The molecule has 4 heterocycles. The number of ether oxygens (including phenoxy) is 2. The fourth-order valence-corrected chi connectivity index (χ4v) is 4.63. The Kier molecular flexibility index (Phi) is 3.15. The van der Waals surface area contributed by atoms with E-state index in [1.807, 2.05) is 46.2 Å². The average Bonchev–Trinajstić information content (AvgIpc) is 3.33. The van der Waals surface area contributed by atoms with Crippen molar-refractivity contribution in [3.63, 3.8) is 0 Å². The van der Waals surface area contributed by atoms with Gasteiger partial charge in [0.1, 0.15) is 0 Å². The van der Waals surface area contributed by atoms with Crippen LogP contribution in [0.4, 0.5) is 0 Å². The van der Waals surface area contributed by atoms with Crippen LogP contribution in [0.1, 0.15) is 5.56 Å². The highest BCUT2D eigenvalue weighted by Crippen LogP contribution is 2.32. The monoisotopic (exact) mass is 371 g/mol. The molecule has 5 nitrogen and oxygen atoms in total. The highest BCUT2D eigenvalue weighted by molar-refractivity contribution is 7.73. The summed E-state index contributed by atoms with van der Waals surface area (Å²) in [5.41, 5.74) is 1.80. The Hall–Kier alpha value is -2.29. The lowest BCUT2D eigenvalue weighted by atomic mass is 10.2. The van der Waals surface area contributed by atoms with Crippen molar-refractivity contribution in [2.24, 2.45) is 0 Å². The summed E-state index contributed by atoms with van der Waals surface area (Å²) >= 11 is 8.68. The number of hydrogen-bond donors (Lipinski definition) is 0. The fraction of sp³-hybridized carbons (Fsp3) is 0.0625. The van der Waals surface area contributed by atoms with Crippen LogP contribution in [0.2, 0.25) is 0 Å². The molecule has 0 atom stereocenters. The SMILES string of the molecule is S=c1s/c(=C/c2ccc3c(c2)OCO3)c2nnc(-c3cccs3)n12. The number of hydrogen-bond acceptors (Lipinski definition) is 7. The third-order valence-corrected chi connectivity index (χ3v) is 5.88. The summed E-state index contributed by atoms with van der Waals surface area (Å²) in [5, 5.41) is 10.7.